The van der Waals surface area contributed by atoms with Crippen LogP contribution in [0.4, 0.5) is 5.69 Å². The predicted molar refractivity (Wildman–Crippen MR) is 122 cm³/mol. The van der Waals surface area contributed by atoms with Crippen molar-refractivity contribution in [2.24, 2.45) is 0 Å². The number of hydrogen-bond donors (Lipinski definition) is 1. The summed E-state index contributed by atoms with van der Waals surface area (Å²) in [6.45, 7) is 6.92. The summed E-state index contributed by atoms with van der Waals surface area (Å²) in [7, 11) is 0. The van der Waals surface area contributed by atoms with Crippen LogP contribution >= 0.6 is 22.7 Å². The molecule has 2 aromatic heterocycles. The van der Waals surface area contributed by atoms with Crippen molar-refractivity contribution in [3.05, 3.63) is 57.9 Å². The molecule has 4 rings (SSSR count). The van der Waals surface area contributed by atoms with Gasteiger partial charge in [-0.15, -0.1) is 22.7 Å². The molecule has 1 saturated heterocycles. The molecule has 2 amide bonds. The first-order valence-corrected chi connectivity index (χ1v) is 11.6. The number of nitrogens with one attached hydrogen (secondary N) is 1. The maximum absolute atomic E-state index is 12.8. The number of benzene rings is 1. The Kier molecular flexibility index (Phi) is 6.26. The number of aromatic nitrogens is 1. The third-order valence-corrected chi connectivity index (χ3v) is 7.25. The van der Waals surface area contributed by atoms with Crippen LogP contribution in [0.2, 0.25) is 0 Å². The summed E-state index contributed by atoms with van der Waals surface area (Å²) in [5.74, 6) is 0.00478. The monoisotopic (exact) mass is 440 g/mol. The fourth-order valence-electron chi connectivity index (χ4n) is 3.55. The van der Waals surface area contributed by atoms with Crippen LogP contribution in [0.3, 0.4) is 0 Å². The second-order valence-electron chi connectivity index (χ2n) is 7.39. The van der Waals surface area contributed by atoms with E-state index in [1.807, 2.05) is 54.5 Å². The molecule has 1 fully saturated rings. The Bertz CT molecular complexity index is 1020. The van der Waals surface area contributed by atoms with Crippen molar-refractivity contribution in [2.45, 2.75) is 13.8 Å². The van der Waals surface area contributed by atoms with Gasteiger partial charge in [0.05, 0.1) is 17.6 Å². The number of rotatable bonds is 5. The zero-order chi connectivity index (χ0) is 21.1. The highest BCUT2D eigenvalue weighted by atomic mass is 32.1. The summed E-state index contributed by atoms with van der Waals surface area (Å²) in [5.41, 5.74) is 3.01. The van der Waals surface area contributed by atoms with E-state index in [9.17, 15) is 9.59 Å². The third-order valence-electron chi connectivity index (χ3n) is 5.22. The third kappa shape index (κ3) is 4.61. The normalized spacial score (nSPS) is 14.7. The summed E-state index contributed by atoms with van der Waals surface area (Å²) < 4.78 is 0. The Labute approximate surface area is 184 Å². The smallest absolute Gasteiger partial charge is 0.265 e. The highest BCUT2D eigenvalue weighted by Gasteiger charge is 2.25. The van der Waals surface area contributed by atoms with Gasteiger partial charge in [-0.3, -0.25) is 14.5 Å². The quantitative estimate of drug-likeness (QED) is 0.654. The number of aryl methyl sites for hydroxylation is 2. The molecule has 0 radical (unpaired) electrons. The van der Waals surface area contributed by atoms with E-state index in [1.54, 1.807) is 17.5 Å². The van der Waals surface area contributed by atoms with Crippen LogP contribution < -0.4 is 5.32 Å². The number of para-hydroxylation sites is 1. The predicted octanol–water partition coefficient (Wildman–Crippen LogP) is 3.88. The van der Waals surface area contributed by atoms with Crippen LogP contribution in [0, 0.1) is 13.8 Å². The molecular formula is C22H24N4O2S2. The minimum absolute atomic E-state index is 0.0183. The lowest BCUT2D eigenvalue weighted by atomic mass is 10.1. The van der Waals surface area contributed by atoms with Gasteiger partial charge in [0, 0.05) is 31.9 Å². The molecule has 3 aromatic rings. The average Bonchev–Trinajstić information content (AvgIpc) is 3.42. The minimum atomic E-state index is -0.0183. The van der Waals surface area contributed by atoms with Crippen LogP contribution in [0.25, 0.3) is 9.88 Å². The topological polar surface area (TPSA) is 65.5 Å². The summed E-state index contributed by atoms with van der Waals surface area (Å²) in [6.07, 6.45) is 1.67. The molecule has 3 heterocycles. The van der Waals surface area contributed by atoms with Gasteiger partial charge >= 0.3 is 0 Å². The van der Waals surface area contributed by atoms with Crippen molar-refractivity contribution in [3.63, 3.8) is 0 Å². The summed E-state index contributed by atoms with van der Waals surface area (Å²) in [5, 5.41) is 5.93. The van der Waals surface area contributed by atoms with Crippen molar-refractivity contribution in [2.75, 3.05) is 38.0 Å². The van der Waals surface area contributed by atoms with E-state index >= 15 is 0 Å². The van der Waals surface area contributed by atoms with Crippen molar-refractivity contribution in [3.8, 4) is 9.88 Å². The highest BCUT2D eigenvalue weighted by Crippen LogP contribution is 2.29. The molecule has 8 heteroatoms. The van der Waals surface area contributed by atoms with Crippen LogP contribution in [0.1, 0.15) is 20.8 Å². The number of carbonyl (C=O) groups excluding carboxylic acids is 2. The molecule has 0 atom stereocenters. The fraction of sp³-hybridized carbons (Fsp3) is 0.318. The molecule has 0 aliphatic carbocycles. The van der Waals surface area contributed by atoms with Crippen LogP contribution in [-0.2, 0) is 4.79 Å². The summed E-state index contributed by atoms with van der Waals surface area (Å²) >= 11 is 3.06. The molecule has 1 N–H and O–H groups in total. The standard InChI is InChI=1S/C22H24N4O2S2/c1-15-5-3-6-16(2)20(15)24-19(27)14-25-8-10-26(11-9-25)22(28)18-13-23-21(30-18)17-7-4-12-29-17/h3-7,12-13H,8-11,14H2,1-2H3,(H,24,27). The van der Waals surface area contributed by atoms with Gasteiger partial charge in [-0.05, 0) is 36.4 Å². The largest absolute Gasteiger partial charge is 0.335 e. The number of piperazine rings is 1. The van der Waals surface area contributed by atoms with Crippen molar-refractivity contribution < 1.29 is 9.59 Å². The number of anilines is 1. The minimum Gasteiger partial charge on any atom is -0.335 e. The SMILES string of the molecule is Cc1cccc(C)c1NC(=O)CN1CCN(C(=O)c2cnc(-c3cccs3)s2)CC1. The van der Waals surface area contributed by atoms with Crippen LogP contribution in [-0.4, -0.2) is 59.3 Å². The Morgan fingerprint density at radius 1 is 1.07 bits per heavy atom. The van der Waals surface area contributed by atoms with E-state index in [0.717, 1.165) is 26.7 Å². The number of carbonyl (C=O) groups is 2. The Hall–Kier alpha value is -2.55. The number of nitrogens with zero attached hydrogens (tertiary/aromatic N) is 3. The van der Waals surface area contributed by atoms with Gasteiger partial charge in [-0.2, -0.15) is 0 Å². The van der Waals surface area contributed by atoms with Gasteiger partial charge in [0.25, 0.3) is 5.91 Å². The van der Waals surface area contributed by atoms with E-state index in [0.29, 0.717) is 37.6 Å². The van der Waals surface area contributed by atoms with Crippen molar-refractivity contribution in [1.29, 1.82) is 0 Å². The molecule has 1 aliphatic rings. The van der Waals surface area contributed by atoms with Crippen LogP contribution in [0.15, 0.2) is 41.9 Å². The first-order chi connectivity index (χ1) is 14.5. The fourth-order valence-corrected chi connectivity index (χ4v) is 5.23. The lowest BCUT2D eigenvalue weighted by molar-refractivity contribution is -0.117. The van der Waals surface area contributed by atoms with Crippen LogP contribution in [0.5, 0.6) is 0 Å². The molecule has 1 aliphatic heterocycles. The zero-order valence-corrected chi connectivity index (χ0v) is 18.7. The van der Waals surface area contributed by atoms with E-state index in [1.165, 1.54) is 11.3 Å². The second kappa shape index (κ2) is 9.07. The number of amides is 2. The van der Waals surface area contributed by atoms with Gasteiger partial charge < -0.3 is 10.2 Å². The lowest BCUT2D eigenvalue weighted by Crippen LogP contribution is -2.50. The van der Waals surface area contributed by atoms with Crippen molar-refractivity contribution >= 4 is 40.2 Å². The lowest BCUT2D eigenvalue weighted by Gasteiger charge is -2.34. The molecular weight excluding hydrogens is 416 g/mol. The second-order valence-corrected chi connectivity index (χ2v) is 9.37. The zero-order valence-electron chi connectivity index (χ0n) is 17.1. The molecule has 0 bridgehead atoms. The van der Waals surface area contributed by atoms with Gasteiger partial charge in [0.15, 0.2) is 0 Å². The molecule has 0 saturated carbocycles. The number of thiophene rings is 1. The van der Waals surface area contributed by atoms with E-state index in [2.05, 4.69) is 15.2 Å². The van der Waals surface area contributed by atoms with E-state index < -0.39 is 0 Å². The van der Waals surface area contributed by atoms with Gasteiger partial charge in [0.2, 0.25) is 5.91 Å². The molecule has 0 spiro atoms. The van der Waals surface area contributed by atoms with Crippen molar-refractivity contribution in [1.82, 2.24) is 14.8 Å². The highest BCUT2D eigenvalue weighted by molar-refractivity contribution is 7.21. The molecule has 156 valence electrons. The van der Waals surface area contributed by atoms with Gasteiger partial charge in [-0.1, -0.05) is 24.3 Å². The summed E-state index contributed by atoms with van der Waals surface area (Å²) in [6, 6.07) is 9.98. The van der Waals surface area contributed by atoms with Gasteiger partial charge in [-0.25, -0.2) is 4.98 Å². The maximum Gasteiger partial charge on any atom is 0.265 e. The Morgan fingerprint density at radius 2 is 1.80 bits per heavy atom. The molecule has 6 nitrogen and oxygen atoms in total. The van der Waals surface area contributed by atoms with E-state index in [-0.39, 0.29) is 11.8 Å². The van der Waals surface area contributed by atoms with E-state index in [4.69, 9.17) is 0 Å². The molecule has 0 unspecified atom stereocenters. The average molecular weight is 441 g/mol. The molecule has 1 aromatic carbocycles. The first-order valence-electron chi connectivity index (χ1n) is 9.88. The molecule has 30 heavy (non-hydrogen) atoms. The Balaban J connectivity index is 1.29. The first kappa shape index (κ1) is 20.7. The number of hydrogen-bond acceptors (Lipinski definition) is 6. The Morgan fingerprint density at radius 3 is 2.47 bits per heavy atom. The van der Waals surface area contributed by atoms with Gasteiger partial charge in [0.1, 0.15) is 9.88 Å². The maximum atomic E-state index is 12.8. The number of thiazole rings is 1. The summed E-state index contributed by atoms with van der Waals surface area (Å²) in [4.78, 5) is 35.4.